The molecule has 0 radical (unpaired) electrons. The zero-order valence-electron chi connectivity index (χ0n) is 24.2. The molecule has 2 aromatic carbocycles. The second-order valence-corrected chi connectivity index (χ2v) is 11.3. The lowest BCUT2D eigenvalue weighted by Gasteiger charge is -2.41. The van der Waals surface area contributed by atoms with Gasteiger partial charge in [-0.25, -0.2) is 9.59 Å². The number of carbonyl (C=O) groups is 2. The molecule has 1 aliphatic heterocycles. The first kappa shape index (κ1) is 31.2. The molecule has 0 spiro atoms. The minimum Gasteiger partial charge on any atom is -0.497 e. The van der Waals surface area contributed by atoms with Crippen LogP contribution in [-0.4, -0.2) is 82.0 Å². The Morgan fingerprint density at radius 3 is 2.33 bits per heavy atom. The molecule has 1 saturated heterocycles. The first-order valence-electron chi connectivity index (χ1n) is 13.4. The zero-order valence-corrected chi connectivity index (χ0v) is 24.2. The Morgan fingerprint density at radius 2 is 1.75 bits per heavy atom. The average molecular weight is 559 g/mol. The molecule has 2 amide bonds. The van der Waals surface area contributed by atoms with Crippen molar-refractivity contribution in [3.63, 3.8) is 0 Å². The summed E-state index contributed by atoms with van der Waals surface area (Å²) in [5, 5.41) is 20.3. The number of ether oxygens (including phenoxy) is 4. The second-order valence-electron chi connectivity index (χ2n) is 11.3. The van der Waals surface area contributed by atoms with Crippen molar-refractivity contribution in [1.82, 2.24) is 9.80 Å². The fraction of sp³-hybridized carbons (Fsp3) is 0.533. The molecule has 1 unspecified atom stereocenters. The third kappa shape index (κ3) is 8.33. The van der Waals surface area contributed by atoms with E-state index in [1.165, 1.54) is 9.80 Å². The van der Waals surface area contributed by atoms with Crippen LogP contribution in [0.5, 0.6) is 5.75 Å². The van der Waals surface area contributed by atoms with E-state index in [1.54, 1.807) is 53.9 Å². The van der Waals surface area contributed by atoms with Crippen molar-refractivity contribution in [2.75, 3.05) is 20.3 Å². The van der Waals surface area contributed by atoms with E-state index in [4.69, 9.17) is 18.9 Å². The first-order chi connectivity index (χ1) is 18.8. The maximum Gasteiger partial charge on any atom is 0.412 e. The predicted molar refractivity (Wildman–Crippen MR) is 149 cm³/mol. The summed E-state index contributed by atoms with van der Waals surface area (Å²) < 4.78 is 22.7. The van der Waals surface area contributed by atoms with Crippen molar-refractivity contribution in [3.8, 4) is 5.75 Å². The fourth-order valence-corrected chi connectivity index (χ4v) is 4.67. The van der Waals surface area contributed by atoms with Crippen LogP contribution in [0.15, 0.2) is 54.6 Å². The Kier molecular flexibility index (Phi) is 10.4. The molecule has 0 bridgehead atoms. The van der Waals surface area contributed by atoms with E-state index in [1.807, 2.05) is 42.5 Å². The molecule has 3 rings (SSSR count). The smallest absolute Gasteiger partial charge is 0.412 e. The van der Waals surface area contributed by atoms with Crippen LogP contribution in [0.2, 0.25) is 0 Å². The first-order valence-corrected chi connectivity index (χ1v) is 13.4. The summed E-state index contributed by atoms with van der Waals surface area (Å²) in [5.41, 5.74) is -0.219. The number of methoxy groups -OCH3 is 1. The summed E-state index contributed by atoms with van der Waals surface area (Å²) in [5.74, 6) is 0.663. The lowest BCUT2D eigenvalue weighted by molar-refractivity contribution is -0.0674. The van der Waals surface area contributed by atoms with Crippen molar-refractivity contribution in [2.45, 2.75) is 83.7 Å². The lowest BCUT2D eigenvalue weighted by atomic mass is 9.98. The molecule has 0 aromatic heterocycles. The van der Waals surface area contributed by atoms with Crippen LogP contribution in [0.4, 0.5) is 9.59 Å². The quantitative estimate of drug-likeness (QED) is 0.443. The van der Waals surface area contributed by atoms with Gasteiger partial charge in [0, 0.05) is 6.54 Å². The number of nitrogens with zero attached hydrogens (tertiary/aromatic N) is 2. The summed E-state index contributed by atoms with van der Waals surface area (Å²) in [6.07, 6.45) is -2.43. The maximum atomic E-state index is 13.7. The monoisotopic (exact) mass is 558 g/mol. The SMILES string of the molecule is COc1ccc(CN(C(=O)OCc2ccccc2)[C@@H](CC(O)CO)[C@@H]2COC(C)(C)N2C(=O)OC(C)(C)C)cc1. The molecule has 2 N–H and O–H groups in total. The van der Waals surface area contributed by atoms with Gasteiger partial charge in [-0.05, 0) is 64.3 Å². The van der Waals surface area contributed by atoms with E-state index in [-0.39, 0.29) is 26.2 Å². The average Bonchev–Trinajstić information content (AvgIpc) is 3.23. The standard InChI is InChI=1S/C30H42N2O8/c1-29(2,3)40-28(36)32-26(20-39-30(32,4)5)25(16-23(34)18-33)31(17-21-12-14-24(37-6)15-13-21)27(35)38-19-22-10-8-7-9-11-22/h7-15,23,25-26,33-34H,16-20H2,1-6H3/t23?,25-,26-/m0/s1. The predicted octanol–water partition coefficient (Wildman–Crippen LogP) is 4.32. The number of aliphatic hydroxyl groups excluding tert-OH is 2. The molecule has 10 heteroatoms. The molecule has 3 atom stereocenters. The highest BCUT2D eigenvalue weighted by molar-refractivity contribution is 5.71. The molecule has 220 valence electrons. The van der Waals surface area contributed by atoms with Gasteiger partial charge in [0.2, 0.25) is 0 Å². The summed E-state index contributed by atoms with van der Waals surface area (Å²) in [6.45, 7) is 8.52. The number of rotatable bonds is 10. The van der Waals surface area contributed by atoms with E-state index >= 15 is 0 Å². The van der Waals surface area contributed by atoms with Crippen LogP contribution in [0.3, 0.4) is 0 Å². The number of carbonyl (C=O) groups excluding carboxylic acids is 2. The molecule has 0 aliphatic carbocycles. The molecular weight excluding hydrogens is 516 g/mol. The minimum absolute atomic E-state index is 0.0313. The van der Waals surface area contributed by atoms with Gasteiger partial charge < -0.3 is 29.2 Å². The number of hydrogen-bond acceptors (Lipinski definition) is 8. The van der Waals surface area contributed by atoms with Crippen LogP contribution >= 0.6 is 0 Å². The van der Waals surface area contributed by atoms with Crippen LogP contribution in [0.1, 0.15) is 52.2 Å². The summed E-state index contributed by atoms with van der Waals surface area (Å²) in [4.78, 5) is 30.1. The van der Waals surface area contributed by atoms with Crippen molar-refractivity contribution in [3.05, 3.63) is 65.7 Å². The van der Waals surface area contributed by atoms with Crippen molar-refractivity contribution >= 4 is 12.2 Å². The van der Waals surface area contributed by atoms with Gasteiger partial charge >= 0.3 is 12.2 Å². The van der Waals surface area contributed by atoms with Crippen molar-refractivity contribution in [2.24, 2.45) is 0 Å². The van der Waals surface area contributed by atoms with Gasteiger partial charge in [0.1, 0.15) is 23.7 Å². The van der Waals surface area contributed by atoms with Crippen LogP contribution < -0.4 is 4.74 Å². The Labute approximate surface area is 236 Å². The van der Waals surface area contributed by atoms with E-state index in [0.717, 1.165) is 11.1 Å². The minimum atomic E-state index is -1.16. The lowest BCUT2D eigenvalue weighted by Crippen LogP contribution is -2.58. The molecule has 2 aromatic rings. The Bertz CT molecular complexity index is 1100. The molecule has 1 heterocycles. The topological polar surface area (TPSA) is 118 Å². The molecule has 1 aliphatic rings. The van der Waals surface area contributed by atoms with Gasteiger partial charge in [-0.15, -0.1) is 0 Å². The van der Waals surface area contributed by atoms with E-state index in [2.05, 4.69) is 0 Å². The summed E-state index contributed by atoms with van der Waals surface area (Å²) in [7, 11) is 1.57. The van der Waals surface area contributed by atoms with E-state index in [9.17, 15) is 19.8 Å². The van der Waals surface area contributed by atoms with Crippen LogP contribution in [0.25, 0.3) is 0 Å². The molecule has 1 fully saturated rings. The van der Waals surface area contributed by atoms with Gasteiger partial charge in [0.15, 0.2) is 0 Å². The van der Waals surface area contributed by atoms with Crippen LogP contribution in [0, 0.1) is 0 Å². The van der Waals surface area contributed by atoms with E-state index in [0.29, 0.717) is 5.75 Å². The third-order valence-corrected chi connectivity index (χ3v) is 6.63. The highest BCUT2D eigenvalue weighted by atomic mass is 16.6. The molecule has 40 heavy (non-hydrogen) atoms. The molecule has 10 nitrogen and oxygen atoms in total. The van der Waals surface area contributed by atoms with Gasteiger partial charge in [0.25, 0.3) is 0 Å². The summed E-state index contributed by atoms with van der Waals surface area (Å²) in [6, 6.07) is 15.0. The van der Waals surface area contributed by atoms with Crippen molar-refractivity contribution < 1.29 is 38.7 Å². The van der Waals surface area contributed by atoms with Gasteiger partial charge in [-0.3, -0.25) is 9.80 Å². The number of aliphatic hydroxyl groups is 2. The Balaban J connectivity index is 2.01. The van der Waals surface area contributed by atoms with E-state index < -0.39 is 48.3 Å². The van der Waals surface area contributed by atoms with Gasteiger partial charge in [-0.2, -0.15) is 0 Å². The Hall–Kier alpha value is -3.34. The van der Waals surface area contributed by atoms with Crippen molar-refractivity contribution in [1.29, 1.82) is 0 Å². The van der Waals surface area contributed by atoms with Crippen LogP contribution in [-0.2, 0) is 27.4 Å². The highest BCUT2D eigenvalue weighted by Crippen LogP contribution is 2.34. The number of benzene rings is 2. The second kappa shape index (κ2) is 13.3. The number of amides is 2. The third-order valence-electron chi connectivity index (χ3n) is 6.63. The van der Waals surface area contributed by atoms with Gasteiger partial charge in [0.05, 0.1) is 38.5 Å². The zero-order chi connectivity index (χ0) is 29.5. The Morgan fingerprint density at radius 1 is 1.10 bits per heavy atom. The number of hydrogen-bond donors (Lipinski definition) is 2. The maximum absolute atomic E-state index is 13.7. The van der Waals surface area contributed by atoms with Gasteiger partial charge in [-0.1, -0.05) is 42.5 Å². The largest absolute Gasteiger partial charge is 0.497 e. The summed E-state index contributed by atoms with van der Waals surface area (Å²) >= 11 is 0. The molecule has 0 saturated carbocycles. The molecular formula is C30H42N2O8. The highest BCUT2D eigenvalue weighted by Gasteiger charge is 2.51. The normalized spacial score (nSPS) is 18.1. The fourth-order valence-electron chi connectivity index (χ4n) is 4.67.